The Kier molecular flexibility index (Phi) is 3.02. The molecule has 0 saturated carbocycles. The van der Waals surface area contributed by atoms with Crippen molar-refractivity contribution in [2.45, 2.75) is 19.8 Å². The zero-order valence-corrected chi connectivity index (χ0v) is 9.28. The van der Waals surface area contributed by atoms with Crippen LogP contribution < -0.4 is 0 Å². The van der Waals surface area contributed by atoms with Crippen molar-refractivity contribution in [2.75, 3.05) is 0 Å². The number of aromatic hydroxyl groups is 1. The topological polar surface area (TPSA) is 20.2 Å². The molecule has 0 atom stereocenters. The van der Waals surface area contributed by atoms with Crippen LogP contribution in [0.25, 0.3) is 0 Å². The van der Waals surface area contributed by atoms with Gasteiger partial charge in [-0.15, -0.1) is 0 Å². The molecule has 0 bridgehead atoms. The van der Waals surface area contributed by atoms with Crippen molar-refractivity contribution in [1.29, 1.82) is 0 Å². The monoisotopic (exact) mass is 248 g/mol. The van der Waals surface area contributed by atoms with Gasteiger partial charge in [0, 0.05) is 4.47 Å². The van der Waals surface area contributed by atoms with E-state index in [-0.39, 0.29) is 11.7 Å². The fourth-order valence-corrected chi connectivity index (χ4v) is 1.86. The van der Waals surface area contributed by atoms with E-state index in [1.807, 2.05) is 19.9 Å². The molecule has 1 nitrogen and oxygen atoms in total. The number of hydrogen-bond acceptors (Lipinski definition) is 1. The highest BCUT2D eigenvalue weighted by molar-refractivity contribution is 9.10. The molecule has 0 aliphatic heterocycles. The van der Waals surface area contributed by atoms with Crippen LogP contribution in [-0.4, -0.2) is 5.11 Å². The summed E-state index contributed by atoms with van der Waals surface area (Å²) >= 11 is 9.10. The number of hydrogen-bond donors (Lipinski definition) is 1. The van der Waals surface area contributed by atoms with Crippen LogP contribution in [0.4, 0.5) is 0 Å². The van der Waals surface area contributed by atoms with Crippen LogP contribution in [0.1, 0.15) is 25.3 Å². The number of rotatable bonds is 1. The third kappa shape index (κ3) is 1.93. The molecule has 0 aliphatic carbocycles. The van der Waals surface area contributed by atoms with Gasteiger partial charge in [-0.1, -0.05) is 41.4 Å². The summed E-state index contributed by atoms with van der Waals surface area (Å²) in [6.45, 7) is 4.02. The maximum absolute atomic E-state index is 9.54. The van der Waals surface area contributed by atoms with Crippen molar-refractivity contribution in [3.05, 3.63) is 27.2 Å². The lowest BCUT2D eigenvalue weighted by atomic mass is 10.0. The first-order valence-electron chi connectivity index (χ1n) is 3.70. The highest BCUT2D eigenvalue weighted by atomic mass is 79.9. The van der Waals surface area contributed by atoms with Crippen molar-refractivity contribution in [3.8, 4) is 5.75 Å². The predicted octanol–water partition coefficient (Wildman–Crippen LogP) is 3.93. The number of halogens is 2. The van der Waals surface area contributed by atoms with E-state index in [1.165, 1.54) is 0 Å². The van der Waals surface area contributed by atoms with Crippen molar-refractivity contribution < 1.29 is 5.11 Å². The van der Waals surface area contributed by atoms with Gasteiger partial charge in [0.1, 0.15) is 5.75 Å². The summed E-state index contributed by atoms with van der Waals surface area (Å²) in [7, 11) is 0. The van der Waals surface area contributed by atoms with E-state index in [0.717, 1.165) is 10.0 Å². The SMILES string of the molecule is CC(C)c1cc(Br)cc(Cl)c1O. The molecule has 0 unspecified atom stereocenters. The summed E-state index contributed by atoms with van der Waals surface area (Å²) in [5, 5.41) is 9.94. The Bertz CT molecular complexity index is 297. The Morgan fingerprint density at radius 2 is 2.00 bits per heavy atom. The van der Waals surface area contributed by atoms with Crippen LogP contribution >= 0.6 is 27.5 Å². The Balaban J connectivity index is 3.28. The molecular formula is C9H10BrClO. The van der Waals surface area contributed by atoms with Crippen LogP contribution in [0.2, 0.25) is 5.02 Å². The first-order valence-corrected chi connectivity index (χ1v) is 4.87. The first kappa shape index (κ1) is 9.87. The van der Waals surface area contributed by atoms with Crippen LogP contribution in [-0.2, 0) is 0 Å². The molecule has 0 aliphatic rings. The van der Waals surface area contributed by atoms with Gasteiger partial charge >= 0.3 is 0 Å². The van der Waals surface area contributed by atoms with Gasteiger partial charge in [-0.2, -0.15) is 0 Å². The van der Waals surface area contributed by atoms with E-state index in [1.54, 1.807) is 6.07 Å². The maximum atomic E-state index is 9.54. The molecule has 3 heteroatoms. The van der Waals surface area contributed by atoms with Crippen LogP contribution in [0.15, 0.2) is 16.6 Å². The zero-order chi connectivity index (χ0) is 9.30. The largest absolute Gasteiger partial charge is 0.506 e. The molecule has 0 spiro atoms. The van der Waals surface area contributed by atoms with E-state index in [4.69, 9.17) is 11.6 Å². The fourth-order valence-electron chi connectivity index (χ4n) is 1.03. The van der Waals surface area contributed by atoms with E-state index in [2.05, 4.69) is 15.9 Å². The van der Waals surface area contributed by atoms with Gasteiger partial charge in [0.2, 0.25) is 0 Å². The summed E-state index contributed by atoms with van der Waals surface area (Å²) in [5.41, 5.74) is 0.870. The number of benzene rings is 1. The summed E-state index contributed by atoms with van der Waals surface area (Å²) in [6.07, 6.45) is 0. The van der Waals surface area contributed by atoms with Crippen LogP contribution in [0, 0.1) is 0 Å². The van der Waals surface area contributed by atoms with E-state index in [0.29, 0.717) is 5.02 Å². The molecule has 1 aromatic carbocycles. The fraction of sp³-hybridized carbons (Fsp3) is 0.333. The lowest BCUT2D eigenvalue weighted by Crippen LogP contribution is -1.88. The summed E-state index contributed by atoms with van der Waals surface area (Å²) < 4.78 is 0.897. The molecule has 0 saturated heterocycles. The van der Waals surface area contributed by atoms with Gasteiger partial charge in [-0.05, 0) is 23.6 Å². The van der Waals surface area contributed by atoms with E-state index in [9.17, 15) is 5.11 Å². The molecule has 0 heterocycles. The third-order valence-electron chi connectivity index (χ3n) is 1.68. The minimum atomic E-state index is 0.190. The quantitative estimate of drug-likeness (QED) is 0.799. The summed E-state index contributed by atoms with van der Waals surface area (Å²) in [4.78, 5) is 0. The van der Waals surface area contributed by atoms with Gasteiger partial charge in [-0.3, -0.25) is 0 Å². The molecule has 0 aromatic heterocycles. The molecule has 1 N–H and O–H groups in total. The summed E-state index contributed by atoms with van der Waals surface area (Å²) in [5.74, 6) is 0.467. The van der Waals surface area contributed by atoms with Gasteiger partial charge in [0.25, 0.3) is 0 Å². The minimum Gasteiger partial charge on any atom is -0.506 e. The minimum absolute atomic E-state index is 0.190. The predicted molar refractivity (Wildman–Crippen MR) is 54.9 cm³/mol. The molecule has 0 fully saturated rings. The molecule has 66 valence electrons. The van der Waals surface area contributed by atoms with Crippen molar-refractivity contribution in [2.24, 2.45) is 0 Å². The van der Waals surface area contributed by atoms with Gasteiger partial charge in [-0.25, -0.2) is 0 Å². The number of phenols is 1. The Morgan fingerprint density at radius 3 is 2.50 bits per heavy atom. The number of phenolic OH excluding ortho intramolecular Hbond substituents is 1. The maximum Gasteiger partial charge on any atom is 0.137 e. The second kappa shape index (κ2) is 3.67. The van der Waals surface area contributed by atoms with Gasteiger partial charge in [0.05, 0.1) is 5.02 Å². The second-order valence-corrected chi connectivity index (χ2v) is 4.30. The van der Waals surface area contributed by atoms with Crippen molar-refractivity contribution in [1.82, 2.24) is 0 Å². The zero-order valence-electron chi connectivity index (χ0n) is 6.94. The standard InChI is InChI=1S/C9H10BrClO/c1-5(2)7-3-6(10)4-8(11)9(7)12/h3-5,12H,1-2H3. The molecule has 12 heavy (non-hydrogen) atoms. The molecular weight excluding hydrogens is 239 g/mol. The van der Waals surface area contributed by atoms with Crippen LogP contribution in [0.3, 0.4) is 0 Å². The third-order valence-corrected chi connectivity index (χ3v) is 2.43. The van der Waals surface area contributed by atoms with Gasteiger partial charge < -0.3 is 5.11 Å². The lowest BCUT2D eigenvalue weighted by molar-refractivity contribution is 0.465. The lowest BCUT2D eigenvalue weighted by Gasteiger charge is -2.09. The Morgan fingerprint density at radius 1 is 1.42 bits per heavy atom. The Hall–Kier alpha value is -0.210. The molecule has 1 aromatic rings. The van der Waals surface area contributed by atoms with Crippen LogP contribution in [0.5, 0.6) is 5.75 Å². The molecule has 1 rings (SSSR count). The second-order valence-electron chi connectivity index (χ2n) is 2.98. The average molecular weight is 250 g/mol. The normalized spacial score (nSPS) is 10.8. The smallest absolute Gasteiger partial charge is 0.137 e. The van der Waals surface area contributed by atoms with Crippen molar-refractivity contribution >= 4 is 27.5 Å². The van der Waals surface area contributed by atoms with Gasteiger partial charge in [0.15, 0.2) is 0 Å². The Labute approximate surface area is 85.5 Å². The van der Waals surface area contributed by atoms with E-state index >= 15 is 0 Å². The first-order chi connectivity index (χ1) is 5.52. The molecule has 0 amide bonds. The highest BCUT2D eigenvalue weighted by Gasteiger charge is 2.10. The van der Waals surface area contributed by atoms with Crippen molar-refractivity contribution in [3.63, 3.8) is 0 Å². The summed E-state index contributed by atoms with van der Waals surface area (Å²) in [6, 6.07) is 3.56. The highest BCUT2D eigenvalue weighted by Crippen LogP contribution is 2.35. The molecule has 0 radical (unpaired) electrons. The van der Waals surface area contributed by atoms with E-state index < -0.39 is 0 Å². The average Bonchev–Trinajstić information content (AvgIpc) is 1.96.